The molecule has 0 spiro atoms. The van der Waals surface area contributed by atoms with Gasteiger partial charge in [-0.05, 0) is 111 Å². The van der Waals surface area contributed by atoms with Gasteiger partial charge in [0.1, 0.15) is 17.7 Å². The Morgan fingerprint density at radius 3 is 2.17 bits per heavy atom. The number of rotatable bonds is 10. The van der Waals surface area contributed by atoms with Gasteiger partial charge in [-0.25, -0.2) is 4.39 Å². The van der Waals surface area contributed by atoms with Gasteiger partial charge in [-0.2, -0.15) is 0 Å². The summed E-state index contributed by atoms with van der Waals surface area (Å²) in [5.41, 5.74) is 2.79. The van der Waals surface area contributed by atoms with Crippen LogP contribution in [-0.4, -0.2) is 37.6 Å². The maximum absolute atomic E-state index is 13.6. The Bertz CT molecular complexity index is 968. The molecule has 4 nitrogen and oxygen atoms in total. The van der Waals surface area contributed by atoms with Crippen molar-refractivity contribution in [3.05, 3.63) is 65.5 Å². The molecule has 4 aliphatic rings. The van der Waals surface area contributed by atoms with E-state index in [9.17, 15) is 9.18 Å². The monoisotopic (exact) mass is 479 g/mol. The maximum atomic E-state index is 13.6. The number of hydrogen-bond donors (Lipinski definition) is 0. The first-order chi connectivity index (χ1) is 16.9. The van der Waals surface area contributed by atoms with Crippen LogP contribution in [0.25, 0.3) is 0 Å². The minimum Gasteiger partial charge on any atom is -0.486 e. The second-order valence-electron chi connectivity index (χ2n) is 11.2. The maximum Gasteiger partial charge on any atom is 0.320 e. The number of benzene rings is 2. The Hall–Kier alpha value is -2.40. The summed E-state index contributed by atoms with van der Waals surface area (Å²) in [7, 11) is 1.90. The summed E-state index contributed by atoms with van der Waals surface area (Å²) < 4.78 is 25.1. The first-order valence-electron chi connectivity index (χ1n) is 13.3. The predicted molar refractivity (Wildman–Crippen MR) is 135 cm³/mol. The average molecular weight is 480 g/mol. The molecular weight excluding hydrogens is 441 g/mol. The lowest BCUT2D eigenvalue weighted by Crippen LogP contribution is -2.48. The van der Waals surface area contributed by atoms with Gasteiger partial charge in [0.15, 0.2) is 0 Å². The molecule has 4 aliphatic carbocycles. The van der Waals surface area contributed by atoms with E-state index in [1.807, 2.05) is 18.9 Å². The third-order valence-corrected chi connectivity index (χ3v) is 8.50. The van der Waals surface area contributed by atoms with E-state index >= 15 is 0 Å². The fourth-order valence-corrected chi connectivity index (χ4v) is 7.33. The second-order valence-corrected chi connectivity index (χ2v) is 11.2. The zero-order chi connectivity index (χ0) is 24.4. The van der Waals surface area contributed by atoms with Gasteiger partial charge in [0.05, 0.1) is 13.2 Å². The summed E-state index contributed by atoms with van der Waals surface area (Å²) in [5.74, 6) is 3.12. The third-order valence-electron chi connectivity index (χ3n) is 8.50. The zero-order valence-corrected chi connectivity index (χ0v) is 21.0. The molecule has 4 bridgehead atoms. The number of esters is 1. The second kappa shape index (κ2) is 10.3. The molecule has 0 aromatic heterocycles. The zero-order valence-electron chi connectivity index (χ0n) is 21.0. The Kier molecular flexibility index (Phi) is 7.15. The summed E-state index contributed by atoms with van der Waals surface area (Å²) in [5, 5.41) is 0. The van der Waals surface area contributed by atoms with Crippen molar-refractivity contribution in [2.45, 2.75) is 63.4 Å². The van der Waals surface area contributed by atoms with Crippen LogP contribution in [0.1, 0.15) is 69.1 Å². The molecule has 2 aromatic rings. The number of ether oxygens (including phenoxy) is 2. The van der Waals surface area contributed by atoms with Crippen molar-refractivity contribution in [2.24, 2.45) is 17.8 Å². The highest BCUT2D eigenvalue weighted by molar-refractivity contribution is 5.71. The molecule has 188 valence electrons. The van der Waals surface area contributed by atoms with Gasteiger partial charge in [-0.1, -0.05) is 24.3 Å². The topological polar surface area (TPSA) is 38.8 Å². The largest absolute Gasteiger partial charge is 0.486 e. The number of halogens is 1. The van der Waals surface area contributed by atoms with Crippen molar-refractivity contribution >= 4 is 5.97 Å². The van der Waals surface area contributed by atoms with Crippen LogP contribution in [0, 0.1) is 23.6 Å². The first kappa shape index (κ1) is 24.3. The van der Waals surface area contributed by atoms with E-state index in [1.54, 1.807) is 12.1 Å². The molecule has 0 radical (unpaired) electrons. The fourth-order valence-electron chi connectivity index (χ4n) is 7.33. The standard InChI is InChI=1S/C30H38FNO3/c1-3-34-29(33)20-32(2)13-12-28(24-4-8-26(31)9-5-24)35-27-10-6-25(7-11-27)30-17-21-14-22(18-30)16-23(15-21)19-30/h4-11,21-23,28H,3,12-20H2,1-2H3. The van der Waals surface area contributed by atoms with Gasteiger partial charge in [0.2, 0.25) is 0 Å². The van der Waals surface area contributed by atoms with Crippen LogP contribution >= 0.6 is 0 Å². The molecule has 0 aliphatic heterocycles. The summed E-state index contributed by atoms with van der Waals surface area (Å²) in [6.07, 6.45) is 8.85. The van der Waals surface area contributed by atoms with Crippen LogP contribution in [0.3, 0.4) is 0 Å². The van der Waals surface area contributed by atoms with Crippen LogP contribution in [0.4, 0.5) is 4.39 Å². The fraction of sp³-hybridized carbons (Fsp3) is 0.567. The third kappa shape index (κ3) is 5.55. The predicted octanol–water partition coefficient (Wildman–Crippen LogP) is 6.30. The Morgan fingerprint density at radius 2 is 1.60 bits per heavy atom. The first-order valence-corrected chi connectivity index (χ1v) is 13.3. The number of carbonyl (C=O) groups excluding carboxylic acids is 1. The molecular formula is C30H38FNO3. The molecule has 1 atom stereocenters. The molecule has 35 heavy (non-hydrogen) atoms. The normalized spacial score (nSPS) is 27.7. The molecule has 1 unspecified atom stereocenters. The quantitative estimate of drug-likeness (QED) is 0.375. The van der Waals surface area contributed by atoms with E-state index in [0.717, 1.165) is 29.1 Å². The summed E-state index contributed by atoms with van der Waals surface area (Å²) in [4.78, 5) is 13.8. The lowest BCUT2D eigenvalue weighted by atomic mass is 9.48. The van der Waals surface area contributed by atoms with Crippen molar-refractivity contribution < 1.29 is 18.7 Å². The molecule has 6 rings (SSSR count). The van der Waals surface area contributed by atoms with Gasteiger partial charge in [-0.3, -0.25) is 9.69 Å². The van der Waals surface area contributed by atoms with Crippen molar-refractivity contribution in [2.75, 3.05) is 26.7 Å². The minimum absolute atomic E-state index is 0.227. The molecule has 4 fully saturated rings. The number of hydrogen-bond acceptors (Lipinski definition) is 4. The Morgan fingerprint density at radius 1 is 1.00 bits per heavy atom. The van der Waals surface area contributed by atoms with Crippen molar-refractivity contribution in [1.29, 1.82) is 0 Å². The molecule has 0 N–H and O–H groups in total. The number of nitrogens with zero attached hydrogens (tertiary/aromatic N) is 1. The van der Waals surface area contributed by atoms with Crippen molar-refractivity contribution in [3.63, 3.8) is 0 Å². The lowest BCUT2D eigenvalue weighted by Gasteiger charge is -2.57. The highest BCUT2D eigenvalue weighted by Gasteiger charge is 2.51. The summed E-state index contributed by atoms with van der Waals surface area (Å²) >= 11 is 0. The smallest absolute Gasteiger partial charge is 0.320 e. The van der Waals surface area contributed by atoms with E-state index in [4.69, 9.17) is 9.47 Å². The molecule has 4 saturated carbocycles. The van der Waals surface area contributed by atoms with Crippen LogP contribution in [0.15, 0.2) is 48.5 Å². The van der Waals surface area contributed by atoms with Gasteiger partial charge in [0, 0.05) is 13.0 Å². The average Bonchev–Trinajstić information content (AvgIpc) is 2.82. The molecule has 0 saturated heterocycles. The van der Waals surface area contributed by atoms with Crippen LogP contribution in [0.2, 0.25) is 0 Å². The summed E-state index contributed by atoms with van der Waals surface area (Å²) in [6.45, 7) is 3.09. The number of carbonyl (C=O) groups is 1. The van der Waals surface area contributed by atoms with E-state index in [-0.39, 0.29) is 24.4 Å². The van der Waals surface area contributed by atoms with Gasteiger partial charge < -0.3 is 9.47 Å². The SMILES string of the molecule is CCOC(=O)CN(C)CCC(Oc1ccc(C23CC4CC(CC(C4)C2)C3)cc1)c1ccc(F)cc1. The minimum atomic E-state index is -0.258. The summed E-state index contributed by atoms with van der Waals surface area (Å²) in [6, 6.07) is 15.3. The van der Waals surface area contributed by atoms with E-state index in [2.05, 4.69) is 24.3 Å². The Balaban J connectivity index is 1.27. The Labute approximate surface area is 208 Å². The van der Waals surface area contributed by atoms with Crippen LogP contribution in [-0.2, 0) is 14.9 Å². The molecule has 0 amide bonds. The van der Waals surface area contributed by atoms with E-state index < -0.39 is 0 Å². The van der Waals surface area contributed by atoms with Gasteiger partial charge in [0.25, 0.3) is 0 Å². The van der Waals surface area contributed by atoms with Crippen molar-refractivity contribution in [1.82, 2.24) is 4.90 Å². The highest BCUT2D eigenvalue weighted by Crippen LogP contribution is 2.60. The van der Waals surface area contributed by atoms with Gasteiger partial charge in [-0.15, -0.1) is 0 Å². The van der Waals surface area contributed by atoms with E-state index in [1.165, 1.54) is 56.2 Å². The highest BCUT2D eigenvalue weighted by atomic mass is 19.1. The molecule has 0 heterocycles. The van der Waals surface area contributed by atoms with E-state index in [0.29, 0.717) is 25.0 Å². The molecule has 5 heteroatoms. The molecule has 2 aromatic carbocycles. The van der Waals surface area contributed by atoms with Crippen molar-refractivity contribution in [3.8, 4) is 5.75 Å². The number of likely N-dealkylation sites (N-methyl/N-ethyl adjacent to an activating group) is 1. The lowest BCUT2D eigenvalue weighted by molar-refractivity contribution is -0.144. The van der Waals surface area contributed by atoms with Crippen LogP contribution < -0.4 is 4.74 Å². The van der Waals surface area contributed by atoms with Gasteiger partial charge >= 0.3 is 5.97 Å². The van der Waals surface area contributed by atoms with Crippen LogP contribution in [0.5, 0.6) is 5.75 Å².